The van der Waals surface area contributed by atoms with Gasteiger partial charge >= 0.3 is 0 Å². The maximum Gasteiger partial charge on any atom is 0.228 e. The van der Waals surface area contributed by atoms with Crippen LogP contribution in [0.5, 0.6) is 0 Å². The molecule has 0 bridgehead atoms. The summed E-state index contributed by atoms with van der Waals surface area (Å²) in [6.45, 7) is 0.721. The monoisotopic (exact) mass is 463 g/mol. The van der Waals surface area contributed by atoms with Crippen molar-refractivity contribution in [3.8, 4) is 11.4 Å². The number of hydrogen-bond acceptors (Lipinski definition) is 7. The minimum Gasteiger partial charge on any atom is -0.368 e. The van der Waals surface area contributed by atoms with E-state index < -0.39 is 17.2 Å². The van der Waals surface area contributed by atoms with Crippen molar-refractivity contribution in [1.29, 1.82) is 0 Å². The predicted molar refractivity (Wildman–Crippen MR) is 123 cm³/mol. The fraction of sp³-hybridized carbons (Fsp3) is 0.333. The van der Waals surface area contributed by atoms with Gasteiger partial charge in [-0.1, -0.05) is 24.3 Å². The zero-order valence-electron chi connectivity index (χ0n) is 18.3. The van der Waals surface area contributed by atoms with E-state index in [9.17, 15) is 8.78 Å². The summed E-state index contributed by atoms with van der Waals surface area (Å²) < 4.78 is 36.1. The number of nitrogen functional groups attached to an aromatic ring is 1. The van der Waals surface area contributed by atoms with Gasteiger partial charge in [-0.05, 0) is 44.2 Å². The summed E-state index contributed by atoms with van der Waals surface area (Å²) in [5.41, 5.74) is 7.14. The first kappa shape index (κ1) is 20.9. The largest absolute Gasteiger partial charge is 0.368 e. The molecule has 1 atom stereocenters. The van der Waals surface area contributed by atoms with Gasteiger partial charge in [-0.3, -0.25) is 0 Å². The van der Waals surface area contributed by atoms with Gasteiger partial charge in [-0.15, -0.1) is 0 Å². The summed E-state index contributed by atoms with van der Waals surface area (Å²) in [4.78, 5) is 13.1. The molecule has 34 heavy (non-hydrogen) atoms. The Balaban J connectivity index is 1.34. The van der Waals surface area contributed by atoms with Gasteiger partial charge in [0.25, 0.3) is 0 Å². The van der Waals surface area contributed by atoms with Crippen LogP contribution in [0.3, 0.4) is 0 Å². The number of anilines is 2. The first-order valence-corrected chi connectivity index (χ1v) is 11.4. The number of nitrogens with two attached hydrogens (primary N) is 1. The second kappa shape index (κ2) is 7.98. The summed E-state index contributed by atoms with van der Waals surface area (Å²) in [5, 5.41) is 8.69. The highest BCUT2D eigenvalue weighted by Gasteiger charge is 2.47. The lowest BCUT2D eigenvalue weighted by Crippen LogP contribution is -2.23. The van der Waals surface area contributed by atoms with E-state index in [1.54, 1.807) is 6.07 Å². The van der Waals surface area contributed by atoms with Crippen LogP contribution < -0.4 is 11.1 Å². The van der Waals surface area contributed by atoms with E-state index in [0.29, 0.717) is 18.7 Å². The van der Waals surface area contributed by atoms with Gasteiger partial charge in [0.1, 0.15) is 0 Å². The quantitative estimate of drug-likeness (QED) is 0.447. The second-order valence-corrected chi connectivity index (χ2v) is 8.83. The lowest BCUT2D eigenvalue weighted by molar-refractivity contribution is -0.0366. The fourth-order valence-corrected chi connectivity index (χ4v) is 4.57. The predicted octanol–water partition coefficient (Wildman–Crippen LogP) is 4.55. The zero-order chi connectivity index (χ0) is 23.3. The molecule has 0 spiro atoms. The van der Waals surface area contributed by atoms with Crippen molar-refractivity contribution in [1.82, 2.24) is 24.7 Å². The Bertz CT molecular complexity index is 1380. The zero-order valence-corrected chi connectivity index (χ0v) is 18.3. The van der Waals surface area contributed by atoms with E-state index in [1.807, 2.05) is 29.1 Å². The van der Waals surface area contributed by atoms with Crippen molar-refractivity contribution in [2.45, 2.75) is 43.9 Å². The molecule has 1 aliphatic heterocycles. The van der Waals surface area contributed by atoms with Crippen molar-refractivity contribution in [2.24, 2.45) is 0 Å². The number of nitrogens with zero attached hydrogens (tertiary/aromatic N) is 5. The van der Waals surface area contributed by atoms with Crippen LogP contribution in [-0.4, -0.2) is 31.3 Å². The molecule has 6 rings (SSSR count). The Hall–Kier alpha value is -3.66. The second-order valence-electron chi connectivity index (χ2n) is 8.83. The summed E-state index contributed by atoms with van der Waals surface area (Å²) in [7, 11) is 0. The Morgan fingerprint density at radius 1 is 1.09 bits per heavy atom. The minimum atomic E-state index is -0.881. The number of rotatable bonds is 5. The molecule has 0 radical (unpaired) electrons. The smallest absolute Gasteiger partial charge is 0.228 e. The van der Waals surface area contributed by atoms with Crippen molar-refractivity contribution in [3.05, 3.63) is 59.8 Å². The minimum absolute atomic E-state index is 0.0345. The highest BCUT2D eigenvalue weighted by Crippen LogP contribution is 2.49. The number of aromatic nitrogens is 5. The molecule has 1 saturated heterocycles. The van der Waals surface area contributed by atoms with E-state index in [0.717, 1.165) is 48.4 Å². The van der Waals surface area contributed by atoms with Crippen LogP contribution in [0.4, 0.5) is 20.7 Å². The van der Waals surface area contributed by atoms with E-state index in [4.69, 9.17) is 10.5 Å². The Morgan fingerprint density at radius 2 is 1.97 bits per heavy atom. The Kier molecular flexibility index (Phi) is 4.91. The average Bonchev–Trinajstić information content (AvgIpc) is 3.49. The van der Waals surface area contributed by atoms with Crippen LogP contribution in [0.2, 0.25) is 0 Å². The molecule has 10 heteroatoms. The Labute approximate surface area is 194 Å². The molecule has 1 saturated carbocycles. The molecular weight excluding hydrogens is 440 g/mol. The number of hydrogen-bond donors (Lipinski definition) is 2. The van der Waals surface area contributed by atoms with E-state index in [1.165, 1.54) is 6.07 Å². The molecule has 1 aliphatic carbocycles. The molecule has 2 aromatic heterocycles. The molecule has 2 aromatic carbocycles. The fourth-order valence-electron chi connectivity index (χ4n) is 4.57. The highest BCUT2D eigenvalue weighted by molar-refractivity contribution is 5.83. The maximum absolute atomic E-state index is 14.5. The van der Waals surface area contributed by atoms with Crippen molar-refractivity contribution in [2.75, 3.05) is 17.7 Å². The average molecular weight is 463 g/mol. The van der Waals surface area contributed by atoms with Crippen molar-refractivity contribution >= 4 is 22.8 Å². The highest BCUT2D eigenvalue weighted by atomic mass is 19.2. The standard InChI is InChI=1S/C24H23F2N7O/c25-17-5-3-4-16(20(17)26)24(9-10-24)32-23-30-21(29-22(27)31-23)14-7-8-15-13-28-33(18(15)12-14)19-6-1-2-11-34-19/h3-5,7-8,12-13,19H,1-2,6,9-11H2,(H3,27,29,30,31,32). The van der Waals surface area contributed by atoms with Crippen LogP contribution >= 0.6 is 0 Å². The first-order valence-electron chi connectivity index (χ1n) is 11.4. The maximum atomic E-state index is 14.5. The van der Waals surface area contributed by atoms with E-state index in [-0.39, 0.29) is 23.7 Å². The van der Waals surface area contributed by atoms with Gasteiger partial charge in [0.15, 0.2) is 23.7 Å². The SMILES string of the molecule is Nc1nc(NC2(c3cccc(F)c3F)CC2)nc(-c2ccc3cnn(C4CCCCO4)c3c2)n1. The van der Waals surface area contributed by atoms with Gasteiger partial charge in [0, 0.05) is 23.1 Å². The van der Waals surface area contributed by atoms with Gasteiger partial charge < -0.3 is 15.8 Å². The molecule has 2 aliphatic rings. The summed E-state index contributed by atoms with van der Waals surface area (Å²) in [6.07, 6.45) is 6.03. The van der Waals surface area contributed by atoms with Gasteiger partial charge in [-0.2, -0.15) is 20.1 Å². The molecule has 2 fully saturated rings. The number of halogens is 2. The van der Waals surface area contributed by atoms with Crippen molar-refractivity contribution in [3.63, 3.8) is 0 Å². The molecular formula is C24H23F2N7O. The number of nitrogens with one attached hydrogen (secondary N) is 1. The van der Waals surface area contributed by atoms with E-state index in [2.05, 4.69) is 25.4 Å². The van der Waals surface area contributed by atoms with Crippen LogP contribution in [0, 0.1) is 11.6 Å². The van der Waals surface area contributed by atoms with Crippen LogP contribution in [0.15, 0.2) is 42.6 Å². The van der Waals surface area contributed by atoms with Crippen LogP contribution in [0.1, 0.15) is 43.9 Å². The van der Waals surface area contributed by atoms with Crippen LogP contribution in [-0.2, 0) is 10.3 Å². The van der Waals surface area contributed by atoms with E-state index >= 15 is 0 Å². The third-order valence-electron chi connectivity index (χ3n) is 6.51. The van der Waals surface area contributed by atoms with Crippen LogP contribution in [0.25, 0.3) is 22.3 Å². The summed E-state index contributed by atoms with van der Waals surface area (Å²) >= 11 is 0. The topological polar surface area (TPSA) is 104 Å². The number of fused-ring (bicyclic) bond motifs is 1. The lowest BCUT2D eigenvalue weighted by atomic mass is 10.0. The molecule has 3 N–H and O–H groups in total. The number of ether oxygens (including phenoxy) is 1. The van der Waals surface area contributed by atoms with Gasteiger partial charge in [0.2, 0.25) is 11.9 Å². The third-order valence-corrected chi connectivity index (χ3v) is 6.51. The van der Waals surface area contributed by atoms with Crippen molar-refractivity contribution < 1.29 is 13.5 Å². The lowest BCUT2D eigenvalue weighted by Gasteiger charge is -2.23. The molecule has 8 nitrogen and oxygen atoms in total. The molecule has 174 valence electrons. The molecule has 1 unspecified atom stereocenters. The number of benzene rings is 2. The first-order chi connectivity index (χ1) is 16.5. The molecule has 0 amide bonds. The Morgan fingerprint density at radius 3 is 2.76 bits per heavy atom. The molecule has 4 aromatic rings. The van der Waals surface area contributed by atoms with Gasteiger partial charge in [0.05, 0.1) is 17.3 Å². The normalized spacial score (nSPS) is 19.3. The van der Waals surface area contributed by atoms with Gasteiger partial charge in [-0.25, -0.2) is 13.5 Å². The summed E-state index contributed by atoms with van der Waals surface area (Å²) in [5.74, 6) is -1.11. The third kappa shape index (κ3) is 3.63. The summed E-state index contributed by atoms with van der Waals surface area (Å²) in [6, 6.07) is 9.98. The molecule has 3 heterocycles.